The van der Waals surface area contributed by atoms with E-state index in [9.17, 15) is 0 Å². The monoisotopic (exact) mass is 347 g/mol. The van der Waals surface area contributed by atoms with E-state index in [-0.39, 0.29) is 0 Å². The van der Waals surface area contributed by atoms with Gasteiger partial charge in [-0.25, -0.2) is 9.97 Å². The Kier molecular flexibility index (Phi) is 5.00. The van der Waals surface area contributed by atoms with Gasteiger partial charge in [0, 0.05) is 17.8 Å². The highest BCUT2D eigenvalue weighted by Gasteiger charge is 2.19. The number of hydrogen-bond donors (Lipinski definition) is 1. The number of anilines is 1. The Morgan fingerprint density at radius 3 is 2.50 bits per heavy atom. The van der Waals surface area contributed by atoms with Crippen molar-refractivity contribution in [3.05, 3.63) is 59.9 Å². The summed E-state index contributed by atoms with van der Waals surface area (Å²) in [5, 5.41) is 4.61. The van der Waals surface area contributed by atoms with Crippen molar-refractivity contribution in [1.29, 1.82) is 0 Å². The zero-order valence-electron chi connectivity index (χ0n) is 15.2. The van der Waals surface area contributed by atoms with Crippen LogP contribution in [0.4, 0.5) is 5.82 Å². The van der Waals surface area contributed by atoms with Crippen molar-refractivity contribution in [2.45, 2.75) is 44.6 Å². The van der Waals surface area contributed by atoms with E-state index in [0.29, 0.717) is 5.92 Å². The second kappa shape index (κ2) is 7.73. The van der Waals surface area contributed by atoms with Crippen molar-refractivity contribution in [2.75, 3.05) is 12.4 Å². The number of fused-ring (bicyclic) bond motifs is 1. The molecule has 0 unspecified atom stereocenters. The van der Waals surface area contributed by atoms with E-state index < -0.39 is 0 Å². The van der Waals surface area contributed by atoms with Gasteiger partial charge in [-0.15, -0.1) is 0 Å². The lowest BCUT2D eigenvalue weighted by atomic mass is 9.88. The van der Waals surface area contributed by atoms with Crippen LogP contribution in [0.2, 0.25) is 0 Å². The quantitative estimate of drug-likeness (QED) is 0.680. The molecule has 4 rings (SSSR count). The molecule has 0 bridgehead atoms. The largest absolute Gasteiger partial charge is 0.497 e. The third-order valence-electron chi connectivity index (χ3n) is 5.21. The topological polar surface area (TPSA) is 47.0 Å². The van der Waals surface area contributed by atoms with Gasteiger partial charge in [-0.1, -0.05) is 43.5 Å². The van der Waals surface area contributed by atoms with Crippen LogP contribution in [0.3, 0.4) is 0 Å². The molecule has 1 aliphatic rings. The molecule has 1 N–H and O–H groups in total. The molecule has 0 atom stereocenters. The van der Waals surface area contributed by atoms with Crippen molar-refractivity contribution < 1.29 is 4.74 Å². The van der Waals surface area contributed by atoms with E-state index in [0.717, 1.165) is 34.8 Å². The summed E-state index contributed by atoms with van der Waals surface area (Å²) in [7, 11) is 1.69. The Hall–Kier alpha value is -2.62. The van der Waals surface area contributed by atoms with Gasteiger partial charge in [0.1, 0.15) is 17.4 Å². The highest BCUT2D eigenvalue weighted by atomic mass is 16.5. The minimum atomic E-state index is 0.495. The lowest BCUT2D eigenvalue weighted by molar-refractivity contribution is 0.414. The van der Waals surface area contributed by atoms with Crippen LogP contribution in [0.15, 0.2) is 48.5 Å². The maximum atomic E-state index is 5.23. The molecule has 1 saturated carbocycles. The van der Waals surface area contributed by atoms with Crippen LogP contribution >= 0.6 is 0 Å². The smallest absolute Gasteiger partial charge is 0.137 e. The molecule has 4 nitrogen and oxygen atoms in total. The van der Waals surface area contributed by atoms with Gasteiger partial charge in [0.05, 0.1) is 12.6 Å². The average Bonchev–Trinajstić information content (AvgIpc) is 2.73. The third kappa shape index (κ3) is 3.64. The highest BCUT2D eigenvalue weighted by molar-refractivity contribution is 5.89. The van der Waals surface area contributed by atoms with Gasteiger partial charge in [0.15, 0.2) is 0 Å². The van der Waals surface area contributed by atoms with Gasteiger partial charge in [-0.05, 0) is 42.7 Å². The normalized spacial score (nSPS) is 15.1. The average molecular weight is 347 g/mol. The summed E-state index contributed by atoms with van der Waals surface area (Å²) < 4.78 is 5.23. The number of hydrogen-bond acceptors (Lipinski definition) is 4. The van der Waals surface area contributed by atoms with Crippen LogP contribution in [0.1, 0.15) is 49.4 Å². The Balaban J connectivity index is 1.61. The zero-order valence-corrected chi connectivity index (χ0v) is 15.2. The minimum absolute atomic E-state index is 0.495. The van der Waals surface area contributed by atoms with Crippen LogP contribution in [-0.4, -0.2) is 17.1 Å². The van der Waals surface area contributed by atoms with Gasteiger partial charge < -0.3 is 10.1 Å². The van der Waals surface area contributed by atoms with Crippen LogP contribution in [-0.2, 0) is 6.54 Å². The fourth-order valence-electron chi connectivity index (χ4n) is 3.70. The van der Waals surface area contributed by atoms with E-state index in [1.807, 2.05) is 24.3 Å². The first-order valence-corrected chi connectivity index (χ1v) is 9.47. The molecular formula is C22H25N3O. The summed E-state index contributed by atoms with van der Waals surface area (Å²) in [4.78, 5) is 9.80. The maximum absolute atomic E-state index is 5.23. The summed E-state index contributed by atoms with van der Waals surface area (Å²) >= 11 is 0. The first-order valence-electron chi connectivity index (χ1n) is 9.47. The van der Waals surface area contributed by atoms with E-state index in [1.165, 1.54) is 37.7 Å². The zero-order chi connectivity index (χ0) is 17.8. The number of ether oxygens (including phenoxy) is 1. The van der Waals surface area contributed by atoms with E-state index >= 15 is 0 Å². The van der Waals surface area contributed by atoms with Crippen molar-refractivity contribution in [3.8, 4) is 5.75 Å². The number of aromatic nitrogens is 2. The van der Waals surface area contributed by atoms with Crippen molar-refractivity contribution in [3.63, 3.8) is 0 Å². The maximum Gasteiger partial charge on any atom is 0.137 e. The van der Waals surface area contributed by atoms with Gasteiger partial charge >= 0.3 is 0 Å². The van der Waals surface area contributed by atoms with E-state index in [1.54, 1.807) is 7.11 Å². The van der Waals surface area contributed by atoms with Gasteiger partial charge in [0.25, 0.3) is 0 Å². The van der Waals surface area contributed by atoms with Crippen molar-refractivity contribution >= 4 is 16.7 Å². The Labute approximate surface area is 154 Å². The summed E-state index contributed by atoms with van der Waals surface area (Å²) in [6.07, 6.45) is 6.32. The fourth-order valence-corrected chi connectivity index (χ4v) is 3.70. The number of nitrogens with zero attached hydrogens (tertiary/aromatic N) is 2. The summed E-state index contributed by atoms with van der Waals surface area (Å²) in [6.45, 7) is 0.731. The molecule has 134 valence electrons. The molecule has 1 heterocycles. The molecule has 0 radical (unpaired) electrons. The number of nitrogens with one attached hydrogen (secondary N) is 1. The predicted octanol–water partition coefficient (Wildman–Crippen LogP) is 5.30. The Morgan fingerprint density at radius 1 is 0.962 bits per heavy atom. The molecular weight excluding hydrogens is 322 g/mol. The summed E-state index contributed by atoms with van der Waals surface area (Å²) in [6, 6.07) is 16.4. The van der Waals surface area contributed by atoms with Gasteiger partial charge in [-0.2, -0.15) is 0 Å². The van der Waals surface area contributed by atoms with Crippen LogP contribution < -0.4 is 10.1 Å². The molecule has 0 spiro atoms. The second-order valence-corrected chi connectivity index (χ2v) is 6.98. The number of methoxy groups -OCH3 is 1. The molecule has 0 saturated heterocycles. The predicted molar refractivity (Wildman–Crippen MR) is 106 cm³/mol. The van der Waals surface area contributed by atoms with Crippen molar-refractivity contribution in [2.24, 2.45) is 0 Å². The van der Waals surface area contributed by atoms with Crippen molar-refractivity contribution in [1.82, 2.24) is 9.97 Å². The van der Waals surface area contributed by atoms with Crippen LogP contribution in [0, 0.1) is 0 Å². The Bertz CT molecular complexity index is 870. The first kappa shape index (κ1) is 16.8. The highest BCUT2D eigenvalue weighted by Crippen LogP contribution is 2.33. The number of para-hydroxylation sites is 1. The number of benzene rings is 2. The van der Waals surface area contributed by atoms with Gasteiger partial charge in [0.2, 0.25) is 0 Å². The Morgan fingerprint density at radius 2 is 1.73 bits per heavy atom. The lowest BCUT2D eigenvalue weighted by Gasteiger charge is -2.21. The molecule has 1 fully saturated rings. The fraction of sp³-hybridized carbons (Fsp3) is 0.364. The van der Waals surface area contributed by atoms with Gasteiger partial charge in [-0.3, -0.25) is 0 Å². The van der Waals surface area contributed by atoms with Crippen LogP contribution in [0.25, 0.3) is 10.9 Å². The first-order chi connectivity index (χ1) is 12.8. The standard InChI is InChI=1S/C22H25N3O/c1-26-18-13-11-16(12-14-18)15-23-22-19-9-5-6-10-20(19)24-21(25-22)17-7-3-2-4-8-17/h5-6,9-14,17H,2-4,7-8,15H2,1H3,(H,23,24,25). The second-order valence-electron chi connectivity index (χ2n) is 6.98. The van der Waals surface area contributed by atoms with E-state index in [4.69, 9.17) is 14.7 Å². The lowest BCUT2D eigenvalue weighted by Crippen LogP contribution is -2.11. The molecule has 26 heavy (non-hydrogen) atoms. The van der Waals surface area contributed by atoms with Crippen LogP contribution in [0.5, 0.6) is 5.75 Å². The third-order valence-corrected chi connectivity index (χ3v) is 5.21. The molecule has 3 aromatic rings. The minimum Gasteiger partial charge on any atom is -0.497 e. The molecule has 0 aliphatic heterocycles. The summed E-state index contributed by atoms with van der Waals surface area (Å²) in [5.74, 6) is 3.31. The molecule has 4 heteroatoms. The SMILES string of the molecule is COc1ccc(CNc2nc(C3CCCCC3)nc3ccccc23)cc1. The number of rotatable bonds is 5. The summed E-state index contributed by atoms with van der Waals surface area (Å²) in [5.41, 5.74) is 2.23. The molecule has 1 aliphatic carbocycles. The molecule has 0 amide bonds. The molecule has 2 aromatic carbocycles. The molecule has 1 aromatic heterocycles. The van der Waals surface area contributed by atoms with E-state index in [2.05, 4.69) is 29.6 Å².